The lowest BCUT2D eigenvalue weighted by Crippen LogP contribution is -2.48. The molecule has 7 nitrogen and oxygen atoms in total. The minimum absolute atomic E-state index is 0.154. The van der Waals surface area contributed by atoms with Gasteiger partial charge in [-0.2, -0.15) is 4.31 Å². The van der Waals surface area contributed by atoms with Gasteiger partial charge in [0.2, 0.25) is 10.0 Å². The Morgan fingerprint density at radius 1 is 1.11 bits per heavy atom. The van der Waals surface area contributed by atoms with Crippen molar-refractivity contribution in [3.05, 3.63) is 53.5 Å². The fraction of sp³-hybridized carbons (Fsp3) is 0.450. The van der Waals surface area contributed by atoms with Crippen molar-refractivity contribution >= 4 is 15.9 Å². The van der Waals surface area contributed by atoms with Gasteiger partial charge in [-0.15, -0.1) is 0 Å². The van der Waals surface area contributed by atoms with E-state index in [-0.39, 0.29) is 23.0 Å². The Morgan fingerprint density at radius 2 is 1.71 bits per heavy atom. The van der Waals surface area contributed by atoms with E-state index in [1.165, 1.54) is 21.3 Å². The number of carbonyl (C=O) groups excluding carboxylic acids is 1. The highest BCUT2D eigenvalue weighted by molar-refractivity contribution is 7.89. The highest BCUT2D eigenvalue weighted by atomic mass is 32.2. The van der Waals surface area contributed by atoms with E-state index in [2.05, 4.69) is 0 Å². The van der Waals surface area contributed by atoms with Crippen LogP contribution < -0.4 is 0 Å². The highest BCUT2D eigenvalue weighted by Crippen LogP contribution is 2.22. The zero-order valence-electron chi connectivity index (χ0n) is 16.6. The number of carbonyl (C=O) groups is 1. The fourth-order valence-corrected chi connectivity index (χ4v) is 4.93. The minimum Gasteiger partial charge on any atom is -0.464 e. The molecule has 1 aromatic heterocycles. The third-order valence-corrected chi connectivity index (χ3v) is 6.51. The van der Waals surface area contributed by atoms with Gasteiger partial charge >= 0.3 is 0 Å². The summed E-state index contributed by atoms with van der Waals surface area (Å²) in [5, 5.41) is 0. The number of sulfonamides is 1. The molecule has 1 fully saturated rings. The molecule has 2 aromatic rings. The summed E-state index contributed by atoms with van der Waals surface area (Å²) in [6, 6.07) is 9.75. The molecule has 0 bridgehead atoms. The monoisotopic (exact) mass is 406 g/mol. The number of ether oxygens (including phenoxy) is 1. The summed E-state index contributed by atoms with van der Waals surface area (Å²) in [6.07, 6.45) is -0.309. The average Bonchev–Trinajstić information content (AvgIpc) is 3.05. The van der Waals surface area contributed by atoms with Crippen LogP contribution in [0.3, 0.4) is 0 Å². The molecule has 1 aromatic carbocycles. The number of morpholine rings is 1. The summed E-state index contributed by atoms with van der Waals surface area (Å²) in [7, 11) is -1.94. The number of nitrogens with zero attached hydrogens (tertiary/aromatic N) is 2. The molecule has 0 aliphatic carbocycles. The van der Waals surface area contributed by atoms with Crippen LogP contribution in [-0.2, 0) is 21.3 Å². The Morgan fingerprint density at radius 3 is 2.25 bits per heavy atom. The predicted molar refractivity (Wildman–Crippen MR) is 104 cm³/mol. The number of benzene rings is 1. The molecule has 152 valence electrons. The molecule has 0 N–H and O–H groups in total. The molecule has 1 aliphatic rings. The Balaban J connectivity index is 1.72. The van der Waals surface area contributed by atoms with E-state index in [0.29, 0.717) is 31.0 Å². The van der Waals surface area contributed by atoms with Crippen LogP contribution in [0.2, 0.25) is 0 Å². The third kappa shape index (κ3) is 4.45. The van der Waals surface area contributed by atoms with Gasteiger partial charge in [0.15, 0.2) is 0 Å². The summed E-state index contributed by atoms with van der Waals surface area (Å²) in [5.74, 6) is 1.28. The van der Waals surface area contributed by atoms with Crippen LogP contribution in [0.15, 0.2) is 45.7 Å². The van der Waals surface area contributed by atoms with E-state index < -0.39 is 10.0 Å². The quantitative estimate of drug-likeness (QED) is 0.763. The maximum Gasteiger partial charge on any atom is 0.254 e. The molecule has 1 amide bonds. The molecule has 0 radical (unpaired) electrons. The summed E-state index contributed by atoms with van der Waals surface area (Å²) in [4.78, 5) is 14.3. The molecular formula is C20H26N2O5S. The van der Waals surface area contributed by atoms with Gasteiger partial charge in [0.25, 0.3) is 5.91 Å². The van der Waals surface area contributed by atoms with E-state index in [0.717, 1.165) is 5.76 Å². The molecule has 2 atom stereocenters. The summed E-state index contributed by atoms with van der Waals surface area (Å²) < 4.78 is 38.3. The maximum absolute atomic E-state index is 12.9. The van der Waals surface area contributed by atoms with Crippen LogP contribution >= 0.6 is 0 Å². The molecule has 2 unspecified atom stereocenters. The SMILES string of the molecule is Cc1ccc(CN(C)C(=O)c2ccc(S(=O)(=O)N3CC(C)OC(C)C3)cc2)o1. The standard InChI is InChI=1S/C20H26N2O5S/c1-14-5-8-18(27-14)13-21(4)20(23)17-6-9-19(10-7-17)28(24,25)22-11-15(2)26-16(3)12-22/h5-10,15-16H,11-13H2,1-4H3. The summed E-state index contributed by atoms with van der Waals surface area (Å²) >= 11 is 0. The van der Waals surface area contributed by atoms with Gasteiger partial charge in [-0.3, -0.25) is 4.79 Å². The van der Waals surface area contributed by atoms with Crippen LogP contribution in [-0.4, -0.2) is 55.9 Å². The minimum atomic E-state index is -3.62. The van der Waals surface area contributed by atoms with Crippen molar-refractivity contribution in [1.29, 1.82) is 0 Å². The van der Waals surface area contributed by atoms with Crippen molar-refractivity contribution < 1.29 is 22.4 Å². The van der Waals surface area contributed by atoms with Gasteiger partial charge in [0.05, 0.1) is 23.6 Å². The first-order valence-corrected chi connectivity index (χ1v) is 10.7. The van der Waals surface area contributed by atoms with E-state index in [9.17, 15) is 13.2 Å². The van der Waals surface area contributed by atoms with Gasteiger partial charge in [-0.05, 0) is 57.2 Å². The van der Waals surface area contributed by atoms with Crippen molar-refractivity contribution in [3.63, 3.8) is 0 Å². The molecule has 3 rings (SSSR count). The zero-order valence-corrected chi connectivity index (χ0v) is 17.4. The Kier molecular flexibility index (Phi) is 5.92. The summed E-state index contributed by atoms with van der Waals surface area (Å²) in [5.41, 5.74) is 0.424. The van der Waals surface area contributed by atoms with Crippen LogP contribution in [0.25, 0.3) is 0 Å². The van der Waals surface area contributed by atoms with Crippen LogP contribution in [0.4, 0.5) is 0 Å². The van der Waals surface area contributed by atoms with Crippen molar-refractivity contribution in [2.45, 2.75) is 44.4 Å². The first-order valence-electron chi connectivity index (χ1n) is 9.23. The van der Waals surface area contributed by atoms with E-state index in [1.807, 2.05) is 32.9 Å². The van der Waals surface area contributed by atoms with Crippen LogP contribution in [0, 0.1) is 6.92 Å². The number of amides is 1. The molecule has 0 saturated carbocycles. The first-order chi connectivity index (χ1) is 13.2. The van der Waals surface area contributed by atoms with Crippen molar-refractivity contribution in [3.8, 4) is 0 Å². The Labute approximate surface area is 165 Å². The highest BCUT2D eigenvalue weighted by Gasteiger charge is 2.32. The molecule has 28 heavy (non-hydrogen) atoms. The van der Waals surface area contributed by atoms with E-state index >= 15 is 0 Å². The topological polar surface area (TPSA) is 80.1 Å². The van der Waals surface area contributed by atoms with Gasteiger partial charge in [0, 0.05) is 25.7 Å². The average molecular weight is 407 g/mol. The number of aryl methyl sites for hydroxylation is 1. The smallest absolute Gasteiger partial charge is 0.254 e. The number of hydrogen-bond donors (Lipinski definition) is 0. The number of rotatable bonds is 5. The lowest BCUT2D eigenvalue weighted by atomic mass is 10.2. The molecule has 8 heteroatoms. The number of furan rings is 1. The van der Waals surface area contributed by atoms with Gasteiger partial charge in [-0.25, -0.2) is 8.42 Å². The van der Waals surface area contributed by atoms with Gasteiger partial charge in [-0.1, -0.05) is 0 Å². The lowest BCUT2D eigenvalue weighted by molar-refractivity contribution is -0.0440. The second-order valence-corrected chi connectivity index (χ2v) is 9.22. The lowest BCUT2D eigenvalue weighted by Gasteiger charge is -2.34. The molecule has 1 aliphatic heterocycles. The third-order valence-electron chi connectivity index (χ3n) is 4.66. The molecular weight excluding hydrogens is 380 g/mol. The Bertz CT molecular complexity index is 926. The van der Waals surface area contributed by atoms with Crippen LogP contribution in [0.1, 0.15) is 35.7 Å². The first kappa shape index (κ1) is 20.6. The van der Waals surface area contributed by atoms with Crippen molar-refractivity contribution in [1.82, 2.24) is 9.21 Å². The summed E-state index contributed by atoms with van der Waals surface area (Å²) in [6.45, 7) is 6.54. The van der Waals surface area contributed by atoms with E-state index in [1.54, 1.807) is 19.2 Å². The molecule has 1 saturated heterocycles. The van der Waals surface area contributed by atoms with Gasteiger partial charge in [0.1, 0.15) is 11.5 Å². The van der Waals surface area contributed by atoms with Crippen molar-refractivity contribution in [2.24, 2.45) is 0 Å². The van der Waals surface area contributed by atoms with Crippen LogP contribution in [0.5, 0.6) is 0 Å². The molecule has 0 spiro atoms. The second kappa shape index (κ2) is 8.06. The zero-order chi connectivity index (χ0) is 20.5. The van der Waals surface area contributed by atoms with Crippen molar-refractivity contribution in [2.75, 3.05) is 20.1 Å². The van der Waals surface area contributed by atoms with Gasteiger partial charge < -0.3 is 14.1 Å². The molecule has 2 heterocycles. The largest absolute Gasteiger partial charge is 0.464 e. The number of hydrogen-bond acceptors (Lipinski definition) is 5. The second-order valence-electron chi connectivity index (χ2n) is 7.28. The van der Waals surface area contributed by atoms with E-state index in [4.69, 9.17) is 9.15 Å². The fourth-order valence-electron chi connectivity index (χ4n) is 3.34. The maximum atomic E-state index is 12.9. The predicted octanol–water partition coefficient (Wildman–Crippen LogP) is 2.66. The normalized spacial score (nSPS) is 20.9. The Hall–Kier alpha value is -2.16.